The fourth-order valence-corrected chi connectivity index (χ4v) is 4.44. The molecule has 4 nitrogen and oxygen atoms in total. The normalized spacial score (nSPS) is 38.7. The van der Waals surface area contributed by atoms with Crippen LogP contribution in [0, 0.1) is 5.92 Å². The minimum absolute atomic E-state index is 0.388. The van der Waals surface area contributed by atoms with E-state index in [0.717, 1.165) is 44.7 Å². The summed E-state index contributed by atoms with van der Waals surface area (Å²) in [4.78, 5) is 2.50. The van der Waals surface area contributed by atoms with Crippen LogP contribution in [0.25, 0.3) is 0 Å². The number of nitrogens with zero attached hydrogens (tertiary/aromatic N) is 1. The highest BCUT2D eigenvalue weighted by Crippen LogP contribution is 2.31. The molecule has 0 aromatic rings. The molecule has 3 fully saturated rings. The van der Waals surface area contributed by atoms with Gasteiger partial charge in [-0.2, -0.15) is 0 Å². The first-order chi connectivity index (χ1) is 10.4. The Morgan fingerprint density at radius 1 is 1.19 bits per heavy atom. The number of hydrogen-bond acceptors (Lipinski definition) is 4. The first-order valence-corrected chi connectivity index (χ1v) is 9.17. The van der Waals surface area contributed by atoms with Crippen molar-refractivity contribution in [2.75, 3.05) is 39.3 Å². The standard InChI is InChI=1S/C17H33N3O/c1-2-20-10-11-21-14(13-20)12-19-17-8-5-6-15(17)16-7-3-4-9-18-16/h14-19H,2-13H2,1H3. The van der Waals surface area contributed by atoms with E-state index >= 15 is 0 Å². The molecule has 0 amide bonds. The van der Waals surface area contributed by atoms with Crippen LogP contribution in [0.5, 0.6) is 0 Å². The van der Waals surface area contributed by atoms with Gasteiger partial charge in [-0.3, -0.25) is 4.90 Å². The van der Waals surface area contributed by atoms with E-state index in [1.807, 2.05) is 0 Å². The van der Waals surface area contributed by atoms with Gasteiger partial charge < -0.3 is 15.4 Å². The second kappa shape index (κ2) is 7.91. The van der Waals surface area contributed by atoms with Gasteiger partial charge in [-0.15, -0.1) is 0 Å². The number of morpholine rings is 1. The van der Waals surface area contributed by atoms with Crippen LogP contribution in [0.3, 0.4) is 0 Å². The van der Waals surface area contributed by atoms with Crippen LogP contribution >= 0.6 is 0 Å². The lowest BCUT2D eigenvalue weighted by atomic mass is 9.88. The topological polar surface area (TPSA) is 36.5 Å². The van der Waals surface area contributed by atoms with Crippen LogP contribution in [-0.2, 0) is 4.74 Å². The van der Waals surface area contributed by atoms with Gasteiger partial charge in [0.15, 0.2) is 0 Å². The Hall–Kier alpha value is -0.160. The van der Waals surface area contributed by atoms with E-state index in [1.165, 1.54) is 45.1 Å². The van der Waals surface area contributed by atoms with Crippen LogP contribution in [-0.4, -0.2) is 62.4 Å². The van der Waals surface area contributed by atoms with Crippen LogP contribution in [0.15, 0.2) is 0 Å². The van der Waals surface area contributed by atoms with Crippen molar-refractivity contribution in [1.82, 2.24) is 15.5 Å². The zero-order valence-electron chi connectivity index (χ0n) is 13.7. The van der Waals surface area contributed by atoms with Crippen molar-refractivity contribution in [3.63, 3.8) is 0 Å². The quantitative estimate of drug-likeness (QED) is 0.808. The smallest absolute Gasteiger partial charge is 0.0826 e. The summed E-state index contributed by atoms with van der Waals surface area (Å²) in [7, 11) is 0. The maximum absolute atomic E-state index is 5.93. The maximum Gasteiger partial charge on any atom is 0.0826 e. The van der Waals surface area contributed by atoms with Crippen molar-refractivity contribution in [3.05, 3.63) is 0 Å². The zero-order valence-corrected chi connectivity index (χ0v) is 13.7. The summed E-state index contributed by atoms with van der Waals surface area (Å²) >= 11 is 0. The highest BCUT2D eigenvalue weighted by atomic mass is 16.5. The molecule has 122 valence electrons. The molecule has 0 aromatic carbocycles. The van der Waals surface area contributed by atoms with Crippen molar-refractivity contribution >= 4 is 0 Å². The van der Waals surface area contributed by atoms with Crippen molar-refractivity contribution in [3.8, 4) is 0 Å². The molecule has 0 aromatic heterocycles. The lowest BCUT2D eigenvalue weighted by Gasteiger charge is -2.35. The number of hydrogen-bond donors (Lipinski definition) is 2. The minimum Gasteiger partial charge on any atom is -0.374 e. The molecule has 2 N–H and O–H groups in total. The Bertz CT molecular complexity index is 306. The number of likely N-dealkylation sites (N-methyl/N-ethyl adjacent to an activating group) is 1. The highest BCUT2D eigenvalue weighted by molar-refractivity contribution is 4.92. The third kappa shape index (κ3) is 4.19. The average molecular weight is 295 g/mol. The van der Waals surface area contributed by atoms with Crippen LogP contribution in [0.1, 0.15) is 45.4 Å². The Labute approximate surface area is 130 Å². The summed E-state index contributed by atoms with van der Waals surface area (Å²) in [6.45, 7) is 8.76. The lowest BCUT2D eigenvalue weighted by molar-refractivity contribution is -0.0270. The molecule has 1 aliphatic carbocycles. The van der Waals surface area contributed by atoms with Crippen molar-refractivity contribution < 1.29 is 4.74 Å². The molecule has 2 aliphatic heterocycles. The SMILES string of the molecule is CCN1CCOC(CNC2CCCC2C2CCCCN2)C1. The molecule has 4 unspecified atom stereocenters. The fourth-order valence-electron chi connectivity index (χ4n) is 4.44. The zero-order chi connectivity index (χ0) is 14.5. The van der Waals surface area contributed by atoms with Gasteiger partial charge in [0.2, 0.25) is 0 Å². The second-order valence-electron chi connectivity index (χ2n) is 7.05. The first-order valence-electron chi connectivity index (χ1n) is 9.17. The van der Waals surface area contributed by atoms with E-state index in [-0.39, 0.29) is 0 Å². The van der Waals surface area contributed by atoms with Crippen LogP contribution < -0.4 is 10.6 Å². The third-order valence-electron chi connectivity index (χ3n) is 5.71. The molecule has 2 heterocycles. The molecule has 21 heavy (non-hydrogen) atoms. The number of rotatable bonds is 5. The summed E-state index contributed by atoms with van der Waals surface area (Å²) in [5.74, 6) is 0.844. The van der Waals surface area contributed by atoms with Crippen LogP contribution in [0.2, 0.25) is 0 Å². The lowest BCUT2D eigenvalue weighted by Crippen LogP contribution is -2.51. The molecule has 1 saturated carbocycles. The Kier molecular flexibility index (Phi) is 5.92. The first kappa shape index (κ1) is 15.7. The summed E-state index contributed by atoms with van der Waals surface area (Å²) in [6.07, 6.45) is 8.70. The van der Waals surface area contributed by atoms with Gasteiger partial charge in [0.1, 0.15) is 0 Å². The molecule has 0 radical (unpaired) electrons. The summed E-state index contributed by atoms with van der Waals surface area (Å²) < 4.78 is 5.93. The average Bonchev–Trinajstić information content (AvgIpc) is 3.02. The molecule has 4 heteroatoms. The molecule has 3 rings (SSSR count). The van der Waals surface area contributed by atoms with E-state index in [4.69, 9.17) is 4.74 Å². The van der Waals surface area contributed by atoms with Gasteiger partial charge in [-0.05, 0) is 44.7 Å². The van der Waals surface area contributed by atoms with Crippen molar-refractivity contribution in [1.29, 1.82) is 0 Å². The Morgan fingerprint density at radius 3 is 2.95 bits per heavy atom. The van der Waals surface area contributed by atoms with E-state index in [9.17, 15) is 0 Å². The second-order valence-corrected chi connectivity index (χ2v) is 7.05. The Balaban J connectivity index is 1.45. The third-order valence-corrected chi connectivity index (χ3v) is 5.71. The van der Waals surface area contributed by atoms with Crippen LogP contribution in [0.4, 0.5) is 0 Å². The molecular formula is C17H33N3O. The van der Waals surface area contributed by atoms with Gasteiger partial charge >= 0.3 is 0 Å². The van der Waals surface area contributed by atoms with E-state index in [2.05, 4.69) is 22.5 Å². The van der Waals surface area contributed by atoms with Gasteiger partial charge in [0.05, 0.1) is 12.7 Å². The molecule has 0 spiro atoms. The predicted molar refractivity (Wildman–Crippen MR) is 86.6 cm³/mol. The van der Waals surface area contributed by atoms with Crippen molar-refractivity contribution in [2.45, 2.75) is 63.6 Å². The van der Waals surface area contributed by atoms with Gasteiger partial charge in [0, 0.05) is 31.7 Å². The van der Waals surface area contributed by atoms with E-state index < -0.39 is 0 Å². The summed E-state index contributed by atoms with van der Waals surface area (Å²) in [6, 6.07) is 1.47. The Morgan fingerprint density at radius 2 is 2.14 bits per heavy atom. The van der Waals surface area contributed by atoms with Gasteiger partial charge in [-0.25, -0.2) is 0 Å². The molecular weight excluding hydrogens is 262 g/mol. The number of nitrogens with one attached hydrogen (secondary N) is 2. The summed E-state index contributed by atoms with van der Waals surface area (Å²) in [5, 5.41) is 7.62. The molecule has 3 aliphatic rings. The largest absolute Gasteiger partial charge is 0.374 e. The molecule has 0 bridgehead atoms. The van der Waals surface area contributed by atoms with Gasteiger partial charge in [-0.1, -0.05) is 19.8 Å². The van der Waals surface area contributed by atoms with Crippen molar-refractivity contribution in [2.24, 2.45) is 5.92 Å². The predicted octanol–water partition coefficient (Wildman–Crippen LogP) is 1.61. The monoisotopic (exact) mass is 295 g/mol. The van der Waals surface area contributed by atoms with Gasteiger partial charge in [0.25, 0.3) is 0 Å². The molecule has 2 saturated heterocycles. The maximum atomic E-state index is 5.93. The number of ether oxygens (including phenoxy) is 1. The molecule has 4 atom stereocenters. The van der Waals surface area contributed by atoms with E-state index in [1.54, 1.807) is 0 Å². The minimum atomic E-state index is 0.388. The fraction of sp³-hybridized carbons (Fsp3) is 1.00. The van der Waals surface area contributed by atoms with E-state index in [0.29, 0.717) is 12.1 Å². The highest BCUT2D eigenvalue weighted by Gasteiger charge is 2.34. The summed E-state index contributed by atoms with van der Waals surface area (Å²) in [5.41, 5.74) is 0. The number of piperidine rings is 1.